The maximum Gasteiger partial charge on any atom is 2.00 e. The van der Waals surface area contributed by atoms with Crippen LogP contribution in [0, 0.1) is 43.0 Å². The summed E-state index contributed by atoms with van der Waals surface area (Å²) in [5, 5.41) is 21.9. The van der Waals surface area contributed by atoms with E-state index in [-0.39, 0.29) is 42.2 Å². The zero-order valence-electron chi connectivity index (χ0n) is 15.7. The van der Waals surface area contributed by atoms with E-state index in [0.29, 0.717) is 28.8 Å². The number of hydrogen-bond donors (Lipinski definition) is 1. The summed E-state index contributed by atoms with van der Waals surface area (Å²) in [6.07, 6.45) is -0.780. The third-order valence-electron chi connectivity index (χ3n) is 4.20. The molecule has 1 aromatic heterocycles. The van der Waals surface area contributed by atoms with Gasteiger partial charge in [0.25, 0.3) is 0 Å². The molecule has 31 heavy (non-hydrogen) atoms. The molecule has 1 heterocycles. The molecule has 156 valence electrons. The first-order valence-corrected chi connectivity index (χ1v) is 8.95. The topological polar surface area (TPSA) is 55.4 Å². The van der Waals surface area contributed by atoms with Crippen LogP contribution >= 0.6 is 11.6 Å². The van der Waals surface area contributed by atoms with Crippen molar-refractivity contribution in [1.29, 1.82) is 0 Å². The summed E-state index contributed by atoms with van der Waals surface area (Å²) in [7, 11) is 0. The van der Waals surface area contributed by atoms with Crippen molar-refractivity contribution in [1.82, 2.24) is 4.98 Å². The number of aliphatic hydroxyl groups is 1. The van der Waals surface area contributed by atoms with Crippen molar-refractivity contribution in [3.8, 4) is 0 Å². The SMILES string of the molecule is [N-]=C(C(=[C-]c1ccc(Cl)cc1)C(O)c1cccnc1)c1cc(C(F)(F)F)ccc1F.[U+2]. The van der Waals surface area contributed by atoms with Crippen LogP contribution in [0.2, 0.25) is 5.02 Å². The summed E-state index contributed by atoms with van der Waals surface area (Å²) in [6, 6.07) is 10.8. The molecule has 1 atom stereocenters. The molecule has 0 aliphatic carbocycles. The summed E-state index contributed by atoms with van der Waals surface area (Å²) in [5.74, 6) is -1.09. The third kappa shape index (κ3) is 6.27. The number of alkyl halides is 3. The third-order valence-corrected chi connectivity index (χ3v) is 4.45. The quantitative estimate of drug-likeness (QED) is 0.213. The van der Waals surface area contributed by atoms with Crippen molar-refractivity contribution in [2.45, 2.75) is 12.3 Å². The zero-order chi connectivity index (χ0) is 21.9. The molecule has 0 amide bonds. The Kier molecular flexibility index (Phi) is 8.61. The second-order valence-corrected chi connectivity index (χ2v) is 6.71. The second kappa shape index (κ2) is 10.6. The second-order valence-electron chi connectivity index (χ2n) is 6.28. The average Bonchev–Trinajstić information content (AvgIpc) is 2.72. The molecule has 1 N–H and O–H groups in total. The van der Waals surface area contributed by atoms with Crippen molar-refractivity contribution in [3.05, 3.63) is 117 Å². The van der Waals surface area contributed by atoms with Gasteiger partial charge in [-0.25, -0.2) is 10.1 Å². The Hall–Kier alpha value is -1.98. The number of benzene rings is 2. The van der Waals surface area contributed by atoms with E-state index < -0.39 is 34.9 Å². The first kappa shape index (κ1) is 25.3. The van der Waals surface area contributed by atoms with Crippen LogP contribution in [0.1, 0.15) is 28.4 Å². The average molecular weight is 671 g/mol. The summed E-state index contributed by atoms with van der Waals surface area (Å²) in [6.45, 7) is 0. The Morgan fingerprint density at radius 2 is 1.77 bits per heavy atom. The molecule has 0 bridgehead atoms. The van der Waals surface area contributed by atoms with Crippen LogP contribution in [0.25, 0.3) is 5.41 Å². The molecule has 0 spiro atoms. The number of hydrogen-bond acceptors (Lipinski definition) is 2. The Balaban J connectivity index is 0.00000341. The van der Waals surface area contributed by atoms with Crippen molar-refractivity contribution in [2.24, 2.45) is 0 Å². The van der Waals surface area contributed by atoms with E-state index in [4.69, 9.17) is 11.6 Å². The number of rotatable bonds is 5. The van der Waals surface area contributed by atoms with Gasteiger partial charge in [-0.15, -0.1) is 29.3 Å². The summed E-state index contributed by atoms with van der Waals surface area (Å²) in [5.41, 5.74) is -2.49. The Morgan fingerprint density at radius 3 is 2.35 bits per heavy atom. The predicted octanol–water partition coefficient (Wildman–Crippen LogP) is 5.76. The van der Waals surface area contributed by atoms with Gasteiger partial charge in [-0.2, -0.15) is 13.2 Å². The number of nitrogens with zero attached hydrogens (tertiary/aromatic N) is 2. The monoisotopic (exact) mass is 670 g/mol. The van der Waals surface area contributed by atoms with E-state index >= 15 is 0 Å². The molecule has 1 unspecified atom stereocenters. The number of aromatic nitrogens is 1. The maximum absolute atomic E-state index is 14.3. The predicted molar refractivity (Wildman–Crippen MR) is 105 cm³/mol. The van der Waals surface area contributed by atoms with Gasteiger partial charge in [0.2, 0.25) is 0 Å². The number of halogens is 5. The molecule has 2 aromatic carbocycles. The van der Waals surface area contributed by atoms with Crippen LogP contribution in [-0.4, -0.2) is 15.8 Å². The van der Waals surface area contributed by atoms with Crippen LogP contribution in [-0.2, 0) is 6.18 Å². The molecule has 0 aliphatic heterocycles. The minimum absolute atomic E-state index is 0. The largest absolute Gasteiger partial charge is 2.00 e. The van der Waals surface area contributed by atoms with E-state index in [1.807, 2.05) is 0 Å². The van der Waals surface area contributed by atoms with E-state index in [1.54, 1.807) is 0 Å². The van der Waals surface area contributed by atoms with E-state index in [0.717, 1.165) is 0 Å². The molecule has 3 nitrogen and oxygen atoms in total. The van der Waals surface area contributed by atoms with Gasteiger partial charge in [0.1, 0.15) is 5.82 Å². The number of aliphatic hydroxyl groups excluding tert-OH is 1. The molecule has 9 heteroatoms. The molecule has 0 fully saturated rings. The van der Waals surface area contributed by atoms with Gasteiger partial charge in [-0.3, -0.25) is 4.98 Å². The van der Waals surface area contributed by atoms with Crippen LogP contribution in [0.4, 0.5) is 17.6 Å². The normalized spacial score (nSPS) is 12.8. The van der Waals surface area contributed by atoms with Gasteiger partial charge in [0.15, 0.2) is 0 Å². The first-order valence-electron chi connectivity index (χ1n) is 8.57. The fraction of sp³-hybridized carbons (Fsp3) is 0.0909. The molecule has 0 saturated heterocycles. The van der Waals surface area contributed by atoms with Crippen molar-refractivity contribution in [3.63, 3.8) is 0 Å². The standard InChI is InChI=1S/C22H13ClF4N2O.U/c23-16-6-3-13(4-7-16)10-18(21(30)14-2-1-9-29-12-14)20(28)17-11-15(22(25,26)27)5-8-19(17)24;/h1-9,11-12,21,30H;/q-2;+2. The summed E-state index contributed by atoms with van der Waals surface area (Å²) < 4.78 is 53.5. The van der Waals surface area contributed by atoms with Gasteiger partial charge in [-0.1, -0.05) is 35.9 Å². The maximum atomic E-state index is 14.3. The molecule has 3 aromatic rings. The molecular formula is C22H13ClF4N2OU. The Labute approximate surface area is 204 Å². The minimum Gasteiger partial charge on any atom is -0.854 e. The summed E-state index contributed by atoms with van der Waals surface area (Å²) in [4.78, 5) is 3.87. The van der Waals surface area contributed by atoms with Gasteiger partial charge < -0.3 is 10.5 Å². The van der Waals surface area contributed by atoms with Gasteiger partial charge in [0, 0.05) is 23.0 Å². The molecule has 3 rings (SSSR count). The van der Waals surface area contributed by atoms with E-state index in [9.17, 15) is 28.1 Å². The summed E-state index contributed by atoms with van der Waals surface area (Å²) >= 11 is 5.84. The molecular weight excluding hydrogens is 658 g/mol. The molecule has 0 aliphatic rings. The van der Waals surface area contributed by atoms with Gasteiger partial charge in [0.05, 0.1) is 11.7 Å². The molecule has 0 radical (unpaired) electrons. The van der Waals surface area contributed by atoms with Crippen LogP contribution < -0.4 is 0 Å². The van der Waals surface area contributed by atoms with Crippen molar-refractivity contribution >= 4 is 17.3 Å². The Bertz CT molecular complexity index is 1090. The molecule has 0 saturated carbocycles. The fourth-order valence-electron chi connectivity index (χ4n) is 2.68. The van der Waals surface area contributed by atoms with Crippen molar-refractivity contribution < 1.29 is 53.8 Å². The van der Waals surface area contributed by atoms with E-state index in [1.165, 1.54) is 48.8 Å². The first-order chi connectivity index (χ1) is 14.2. The van der Waals surface area contributed by atoms with Crippen LogP contribution in [0.3, 0.4) is 0 Å². The smallest absolute Gasteiger partial charge is 0.854 e. The number of pyridine rings is 1. The van der Waals surface area contributed by atoms with Gasteiger partial charge in [-0.05, 0) is 23.8 Å². The fourth-order valence-corrected chi connectivity index (χ4v) is 2.80. The minimum atomic E-state index is -4.74. The van der Waals surface area contributed by atoms with E-state index in [2.05, 4.69) is 11.1 Å². The zero-order valence-corrected chi connectivity index (χ0v) is 20.6. The van der Waals surface area contributed by atoms with Crippen molar-refractivity contribution in [2.75, 3.05) is 0 Å². The van der Waals surface area contributed by atoms with Crippen LogP contribution in [0.15, 0.2) is 72.6 Å². The van der Waals surface area contributed by atoms with Gasteiger partial charge >= 0.3 is 37.3 Å². The van der Waals surface area contributed by atoms with Crippen LogP contribution in [0.5, 0.6) is 0 Å². The Morgan fingerprint density at radius 1 is 1.10 bits per heavy atom.